The highest BCUT2D eigenvalue weighted by molar-refractivity contribution is 6.44. The summed E-state index contributed by atoms with van der Waals surface area (Å²) in [6.07, 6.45) is -0.0155. The highest BCUT2D eigenvalue weighted by Gasteiger charge is 2.08. The minimum Gasteiger partial charge on any atom is -0.489 e. The number of hydrogen-bond donors (Lipinski definition) is 1. The van der Waals surface area contributed by atoms with Gasteiger partial charge in [0.2, 0.25) is 0 Å². The molecule has 0 heterocycles. The van der Waals surface area contributed by atoms with E-state index in [0.717, 1.165) is 11.4 Å². The van der Waals surface area contributed by atoms with Crippen LogP contribution in [0.4, 0.5) is 5.69 Å². The second kappa shape index (κ2) is 7.26. The van der Waals surface area contributed by atoms with Crippen LogP contribution in [0.2, 0.25) is 15.1 Å². The van der Waals surface area contributed by atoms with Gasteiger partial charge >= 0.3 is 0 Å². The topological polar surface area (TPSA) is 21.3 Å². The maximum Gasteiger partial charge on any atom is 0.119 e. The Bertz CT molecular complexity index is 614. The first-order valence-electron chi connectivity index (χ1n) is 6.57. The first-order chi connectivity index (χ1) is 9.95. The Morgan fingerprint density at radius 2 is 1.62 bits per heavy atom. The van der Waals surface area contributed by atoms with Gasteiger partial charge in [0, 0.05) is 0 Å². The normalized spacial score (nSPS) is 12.0. The molecule has 21 heavy (non-hydrogen) atoms. The van der Waals surface area contributed by atoms with Crippen LogP contribution in [0.25, 0.3) is 0 Å². The SMILES string of the molecule is Cc1ccc(OC(C)CNc2cc(Cl)c(Cl)cc2Cl)cc1. The van der Waals surface area contributed by atoms with Crippen molar-refractivity contribution in [3.05, 3.63) is 57.0 Å². The number of halogens is 3. The summed E-state index contributed by atoms with van der Waals surface area (Å²) in [6, 6.07) is 11.3. The molecule has 0 radical (unpaired) electrons. The molecule has 0 bridgehead atoms. The number of hydrogen-bond acceptors (Lipinski definition) is 2. The van der Waals surface area contributed by atoms with Gasteiger partial charge in [0.05, 0.1) is 27.3 Å². The summed E-state index contributed by atoms with van der Waals surface area (Å²) in [6.45, 7) is 4.63. The molecule has 0 spiro atoms. The summed E-state index contributed by atoms with van der Waals surface area (Å²) in [7, 11) is 0. The van der Waals surface area contributed by atoms with Gasteiger partial charge in [0.1, 0.15) is 11.9 Å². The van der Waals surface area contributed by atoms with Crippen LogP contribution in [-0.4, -0.2) is 12.6 Å². The maximum atomic E-state index is 6.12. The lowest BCUT2D eigenvalue weighted by molar-refractivity contribution is 0.234. The summed E-state index contributed by atoms with van der Waals surface area (Å²) < 4.78 is 5.82. The van der Waals surface area contributed by atoms with Crippen molar-refractivity contribution in [2.45, 2.75) is 20.0 Å². The summed E-state index contributed by atoms with van der Waals surface area (Å²) in [5, 5.41) is 4.66. The fraction of sp³-hybridized carbons (Fsp3) is 0.250. The van der Waals surface area contributed by atoms with E-state index in [2.05, 4.69) is 5.32 Å². The Morgan fingerprint density at radius 3 is 2.29 bits per heavy atom. The van der Waals surface area contributed by atoms with Crippen LogP contribution in [0.3, 0.4) is 0 Å². The van der Waals surface area contributed by atoms with Gasteiger partial charge in [-0.25, -0.2) is 0 Å². The third-order valence-corrected chi connectivity index (χ3v) is 3.98. The molecule has 2 aromatic rings. The van der Waals surface area contributed by atoms with Crippen LogP contribution in [-0.2, 0) is 0 Å². The lowest BCUT2D eigenvalue weighted by Gasteiger charge is -2.17. The van der Waals surface area contributed by atoms with E-state index in [-0.39, 0.29) is 6.10 Å². The smallest absolute Gasteiger partial charge is 0.119 e. The number of nitrogens with one attached hydrogen (secondary N) is 1. The van der Waals surface area contributed by atoms with E-state index in [1.54, 1.807) is 12.1 Å². The molecule has 0 saturated carbocycles. The van der Waals surface area contributed by atoms with Gasteiger partial charge in [-0.15, -0.1) is 0 Å². The first-order valence-corrected chi connectivity index (χ1v) is 7.71. The molecule has 0 saturated heterocycles. The summed E-state index contributed by atoms with van der Waals surface area (Å²) in [5.74, 6) is 0.843. The number of anilines is 1. The lowest BCUT2D eigenvalue weighted by atomic mass is 10.2. The van der Waals surface area contributed by atoms with Crippen molar-refractivity contribution in [1.29, 1.82) is 0 Å². The standard InChI is InChI=1S/C16H16Cl3NO/c1-10-3-5-12(6-4-10)21-11(2)9-20-16-8-14(18)13(17)7-15(16)19/h3-8,11,20H,9H2,1-2H3. The van der Waals surface area contributed by atoms with Crippen LogP contribution in [0.1, 0.15) is 12.5 Å². The Labute approximate surface area is 140 Å². The van der Waals surface area contributed by atoms with E-state index in [4.69, 9.17) is 39.5 Å². The maximum absolute atomic E-state index is 6.12. The minimum atomic E-state index is -0.0155. The largest absolute Gasteiger partial charge is 0.489 e. The van der Waals surface area contributed by atoms with Crippen molar-refractivity contribution >= 4 is 40.5 Å². The average Bonchev–Trinajstić information content (AvgIpc) is 2.44. The number of aryl methyl sites for hydroxylation is 1. The minimum absolute atomic E-state index is 0.0155. The van der Waals surface area contributed by atoms with Crippen LogP contribution in [0.5, 0.6) is 5.75 Å². The highest BCUT2D eigenvalue weighted by atomic mass is 35.5. The van der Waals surface area contributed by atoms with E-state index in [0.29, 0.717) is 21.6 Å². The molecule has 2 aromatic carbocycles. The van der Waals surface area contributed by atoms with Crippen LogP contribution >= 0.6 is 34.8 Å². The molecule has 0 aliphatic carbocycles. The van der Waals surface area contributed by atoms with Crippen molar-refractivity contribution in [2.75, 3.05) is 11.9 Å². The molecule has 5 heteroatoms. The van der Waals surface area contributed by atoms with Crippen molar-refractivity contribution in [2.24, 2.45) is 0 Å². The third-order valence-electron chi connectivity index (χ3n) is 2.95. The van der Waals surface area contributed by atoms with Gasteiger partial charge in [-0.05, 0) is 38.1 Å². The fourth-order valence-electron chi connectivity index (χ4n) is 1.80. The number of ether oxygens (including phenoxy) is 1. The molecule has 0 fully saturated rings. The van der Waals surface area contributed by atoms with Gasteiger partial charge in [0.25, 0.3) is 0 Å². The second-order valence-corrected chi connectivity index (χ2v) is 6.09. The predicted octanol–water partition coefficient (Wildman–Crippen LogP) is 5.83. The summed E-state index contributed by atoms with van der Waals surface area (Å²) in [5.41, 5.74) is 1.95. The highest BCUT2D eigenvalue weighted by Crippen LogP contribution is 2.32. The van der Waals surface area contributed by atoms with Crippen molar-refractivity contribution in [3.8, 4) is 5.75 Å². The van der Waals surface area contributed by atoms with Gasteiger partial charge < -0.3 is 10.1 Å². The quantitative estimate of drug-likeness (QED) is 0.688. The van der Waals surface area contributed by atoms with Crippen molar-refractivity contribution in [3.63, 3.8) is 0 Å². The molecule has 1 N–H and O–H groups in total. The number of benzene rings is 2. The van der Waals surface area contributed by atoms with Gasteiger partial charge in [0.15, 0.2) is 0 Å². The Hall–Kier alpha value is -1.09. The molecular formula is C16H16Cl3NO. The van der Waals surface area contributed by atoms with E-state index in [1.165, 1.54) is 5.56 Å². The molecule has 1 unspecified atom stereocenters. The molecule has 1 atom stereocenters. The predicted molar refractivity (Wildman–Crippen MR) is 91.2 cm³/mol. The van der Waals surface area contributed by atoms with E-state index >= 15 is 0 Å². The lowest BCUT2D eigenvalue weighted by Crippen LogP contribution is -2.22. The molecular weight excluding hydrogens is 329 g/mol. The summed E-state index contributed by atoms with van der Waals surface area (Å²) >= 11 is 18.0. The van der Waals surface area contributed by atoms with E-state index < -0.39 is 0 Å². The molecule has 0 amide bonds. The van der Waals surface area contributed by atoms with E-state index in [1.807, 2.05) is 38.1 Å². The van der Waals surface area contributed by atoms with Crippen molar-refractivity contribution < 1.29 is 4.74 Å². The van der Waals surface area contributed by atoms with Crippen molar-refractivity contribution in [1.82, 2.24) is 0 Å². The molecule has 0 aliphatic heterocycles. The first kappa shape index (κ1) is 16.3. The Balaban J connectivity index is 1.93. The zero-order valence-electron chi connectivity index (χ0n) is 11.8. The van der Waals surface area contributed by atoms with Gasteiger partial charge in [-0.3, -0.25) is 0 Å². The average molecular weight is 345 g/mol. The fourth-order valence-corrected chi connectivity index (χ4v) is 2.42. The third kappa shape index (κ3) is 4.70. The second-order valence-electron chi connectivity index (χ2n) is 4.87. The van der Waals surface area contributed by atoms with Crippen LogP contribution in [0.15, 0.2) is 36.4 Å². The summed E-state index contributed by atoms with van der Waals surface area (Å²) in [4.78, 5) is 0. The molecule has 2 nitrogen and oxygen atoms in total. The number of rotatable bonds is 5. The zero-order chi connectivity index (χ0) is 15.4. The Morgan fingerprint density at radius 1 is 1.00 bits per heavy atom. The Kier molecular flexibility index (Phi) is 5.63. The molecule has 0 aromatic heterocycles. The molecule has 2 rings (SSSR count). The monoisotopic (exact) mass is 343 g/mol. The zero-order valence-corrected chi connectivity index (χ0v) is 14.1. The van der Waals surface area contributed by atoms with Crippen LogP contribution in [0, 0.1) is 6.92 Å². The van der Waals surface area contributed by atoms with Crippen LogP contribution < -0.4 is 10.1 Å². The van der Waals surface area contributed by atoms with E-state index in [9.17, 15) is 0 Å². The van der Waals surface area contributed by atoms with Gasteiger partial charge in [-0.1, -0.05) is 52.5 Å². The van der Waals surface area contributed by atoms with Gasteiger partial charge in [-0.2, -0.15) is 0 Å². The molecule has 112 valence electrons. The molecule has 0 aliphatic rings.